The number of H-pyrrole nitrogens is 1. The molecule has 1 fully saturated rings. The van der Waals surface area contributed by atoms with Gasteiger partial charge in [0, 0.05) is 40.8 Å². The Bertz CT molecular complexity index is 1400. The van der Waals surface area contributed by atoms with E-state index in [9.17, 15) is 0 Å². The Morgan fingerprint density at radius 1 is 1.19 bits per heavy atom. The molecule has 0 radical (unpaired) electrons. The number of nitrogens with zero attached hydrogens (tertiary/aromatic N) is 5. The van der Waals surface area contributed by atoms with Gasteiger partial charge in [0.15, 0.2) is 0 Å². The van der Waals surface area contributed by atoms with Crippen LogP contribution in [0.25, 0.3) is 27.1 Å². The van der Waals surface area contributed by atoms with Crippen LogP contribution < -0.4 is 5.32 Å². The van der Waals surface area contributed by atoms with Crippen LogP contribution in [0.1, 0.15) is 35.5 Å². The Morgan fingerprint density at radius 3 is 3.00 bits per heavy atom. The first kappa shape index (κ1) is 20.0. The fraction of sp³-hybridized carbons (Fsp3) is 0.304. The molecule has 7 nitrogen and oxygen atoms in total. The summed E-state index contributed by atoms with van der Waals surface area (Å²) < 4.78 is 3.10. The molecule has 1 aromatic carbocycles. The third kappa shape index (κ3) is 3.96. The molecule has 0 bridgehead atoms. The largest absolute Gasteiger partial charge is 0.312 e. The van der Waals surface area contributed by atoms with Crippen LogP contribution >= 0.6 is 27.3 Å². The Labute approximate surface area is 197 Å². The Hall–Kier alpha value is -2.62. The van der Waals surface area contributed by atoms with Crippen molar-refractivity contribution in [3.8, 4) is 10.6 Å². The van der Waals surface area contributed by atoms with Crippen LogP contribution in [0.15, 0.2) is 47.3 Å². The summed E-state index contributed by atoms with van der Waals surface area (Å²) in [5.74, 6) is 0.872. The first-order valence-corrected chi connectivity index (χ1v) is 12.4. The molecule has 0 unspecified atom stereocenters. The first-order chi connectivity index (χ1) is 15.7. The van der Waals surface area contributed by atoms with Gasteiger partial charge < -0.3 is 9.72 Å². The van der Waals surface area contributed by atoms with Gasteiger partial charge in [0.1, 0.15) is 15.7 Å². The van der Waals surface area contributed by atoms with Crippen molar-refractivity contribution in [3.63, 3.8) is 0 Å². The lowest BCUT2D eigenvalue weighted by molar-refractivity contribution is 0.301. The molecule has 4 aromatic heterocycles. The third-order valence-electron chi connectivity index (χ3n) is 6.10. The maximum absolute atomic E-state index is 4.78. The van der Waals surface area contributed by atoms with Crippen molar-refractivity contribution in [2.45, 2.75) is 32.2 Å². The van der Waals surface area contributed by atoms with E-state index < -0.39 is 0 Å². The normalized spacial score (nSPS) is 14.4. The van der Waals surface area contributed by atoms with Crippen molar-refractivity contribution in [2.24, 2.45) is 5.92 Å². The number of hydrogen-bond acceptors (Lipinski definition) is 6. The van der Waals surface area contributed by atoms with Crippen molar-refractivity contribution in [2.75, 3.05) is 6.54 Å². The molecule has 0 amide bonds. The van der Waals surface area contributed by atoms with Crippen molar-refractivity contribution in [1.29, 1.82) is 0 Å². The van der Waals surface area contributed by atoms with Crippen LogP contribution in [0.3, 0.4) is 0 Å². The second-order valence-corrected chi connectivity index (χ2v) is 10.4. The summed E-state index contributed by atoms with van der Waals surface area (Å²) in [7, 11) is 0. The molecule has 9 heteroatoms. The van der Waals surface area contributed by atoms with Crippen molar-refractivity contribution in [3.05, 3.63) is 63.6 Å². The monoisotopic (exact) mass is 507 g/mol. The molecule has 32 heavy (non-hydrogen) atoms. The number of aromatic amines is 1. The van der Waals surface area contributed by atoms with Gasteiger partial charge in [-0.15, -0.1) is 10.2 Å². The number of aromatic nitrogens is 6. The number of imidazole rings is 1. The molecule has 5 aromatic rings. The quantitative estimate of drug-likeness (QED) is 0.324. The first-order valence-electron chi connectivity index (χ1n) is 10.8. The molecular formula is C23H22BrN7S. The number of hydrogen-bond donors (Lipinski definition) is 2. The maximum Gasteiger partial charge on any atom is 0.148 e. The van der Waals surface area contributed by atoms with Gasteiger partial charge in [-0.3, -0.25) is 5.10 Å². The standard InChI is InChI=1S/C23H22BrN7S/c24-16-6-18(19-11-26-28-20(19)7-16)23-30-29-22(32-23)8-17-13-31-12-15(4-5-21(31)27-17)10-25-9-14-2-1-3-14/h4-7,11-14,25H,1-3,8-10H2,(H,26,28). The van der Waals surface area contributed by atoms with E-state index in [0.29, 0.717) is 6.42 Å². The summed E-state index contributed by atoms with van der Waals surface area (Å²) in [6.45, 7) is 2.02. The van der Waals surface area contributed by atoms with Crippen LogP contribution in [0.4, 0.5) is 0 Å². The number of halogens is 1. The predicted molar refractivity (Wildman–Crippen MR) is 130 cm³/mol. The SMILES string of the molecule is Brc1cc(-c2nnc(Cc3cn4cc(CNCC5CCC5)ccc4n3)s2)c2cn[nH]c2c1. The van der Waals surface area contributed by atoms with E-state index in [1.165, 1.54) is 24.8 Å². The lowest BCUT2D eigenvalue weighted by atomic mass is 9.85. The number of fused-ring (bicyclic) bond motifs is 2. The van der Waals surface area contributed by atoms with Gasteiger partial charge >= 0.3 is 0 Å². The van der Waals surface area contributed by atoms with E-state index >= 15 is 0 Å². The third-order valence-corrected chi connectivity index (χ3v) is 7.52. The second-order valence-electron chi connectivity index (χ2n) is 8.43. The fourth-order valence-electron chi connectivity index (χ4n) is 4.18. The highest BCUT2D eigenvalue weighted by Gasteiger charge is 2.16. The highest BCUT2D eigenvalue weighted by atomic mass is 79.9. The number of benzene rings is 1. The molecule has 2 N–H and O–H groups in total. The van der Waals surface area contributed by atoms with Gasteiger partial charge in [-0.2, -0.15) is 5.10 Å². The van der Waals surface area contributed by atoms with Crippen molar-refractivity contribution in [1.82, 2.24) is 35.1 Å². The summed E-state index contributed by atoms with van der Waals surface area (Å²) in [6.07, 6.45) is 10.9. The fourth-order valence-corrected chi connectivity index (χ4v) is 5.52. The van der Waals surface area contributed by atoms with Gasteiger partial charge in [0.25, 0.3) is 0 Å². The topological polar surface area (TPSA) is 83.8 Å². The van der Waals surface area contributed by atoms with E-state index in [-0.39, 0.29) is 0 Å². The van der Waals surface area contributed by atoms with Crippen LogP contribution in [0.5, 0.6) is 0 Å². The van der Waals surface area contributed by atoms with E-state index in [2.05, 4.69) is 76.6 Å². The van der Waals surface area contributed by atoms with E-state index in [0.717, 1.165) is 61.3 Å². The molecule has 4 heterocycles. The molecule has 0 aliphatic heterocycles. The lowest BCUT2D eigenvalue weighted by Gasteiger charge is -2.25. The summed E-state index contributed by atoms with van der Waals surface area (Å²) in [4.78, 5) is 4.78. The predicted octanol–water partition coefficient (Wildman–Crippen LogP) is 4.97. The minimum Gasteiger partial charge on any atom is -0.312 e. The Morgan fingerprint density at radius 2 is 2.12 bits per heavy atom. The van der Waals surface area contributed by atoms with E-state index in [1.54, 1.807) is 11.3 Å². The average Bonchev–Trinajstić information content (AvgIpc) is 3.48. The Balaban J connectivity index is 1.19. The zero-order chi connectivity index (χ0) is 21.5. The molecule has 1 aliphatic carbocycles. The summed E-state index contributed by atoms with van der Waals surface area (Å²) in [6, 6.07) is 8.33. The molecule has 1 aliphatic rings. The average molecular weight is 508 g/mol. The number of pyridine rings is 1. The van der Waals surface area contributed by atoms with Gasteiger partial charge in [0.2, 0.25) is 0 Å². The maximum atomic E-state index is 4.78. The Kier molecular flexibility index (Phi) is 5.24. The molecular weight excluding hydrogens is 486 g/mol. The number of rotatable bonds is 7. The highest BCUT2D eigenvalue weighted by molar-refractivity contribution is 9.10. The van der Waals surface area contributed by atoms with E-state index in [1.807, 2.05) is 12.3 Å². The summed E-state index contributed by atoms with van der Waals surface area (Å²) in [5.41, 5.74) is 5.23. The number of nitrogens with one attached hydrogen (secondary N) is 2. The second kappa shape index (κ2) is 8.38. The van der Waals surface area contributed by atoms with Crippen LogP contribution in [-0.2, 0) is 13.0 Å². The van der Waals surface area contributed by atoms with Gasteiger partial charge in [-0.25, -0.2) is 4.98 Å². The van der Waals surface area contributed by atoms with Gasteiger partial charge in [-0.05, 0) is 49.1 Å². The van der Waals surface area contributed by atoms with Gasteiger partial charge in [-0.1, -0.05) is 39.8 Å². The molecule has 0 saturated heterocycles. The van der Waals surface area contributed by atoms with Crippen LogP contribution in [0.2, 0.25) is 0 Å². The van der Waals surface area contributed by atoms with Crippen LogP contribution in [0, 0.1) is 5.92 Å². The minimum absolute atomic E-state index is 0.664. The van der Waals surface area contributed by atoms with Crippen molar-refractivity contribution >= 4 is 43.8 Å². The zero-order valence-electron chi connectivity index (χ0n) is 17.4. The van der Waals surface area contributed by atoms with Crippen molar-refractivity contribution < 1.29 is 0 Å². The smallest absolute Gasteiger partial charge is 0.148 e. The molecule has 6 rings (SSSR count). The molecule has 0 spiro atoms. The molecule has 162 valence electrons. The van der Waals surface area contributed by atoms with E-state index in [4.69, 9.17) is 4.98 Å². The lowest BCUT2D eigenvalue weighted by Crippen LogP contribution is -2.26. The molecule has 1 saturated carbocycles. The molecule has 0 atom stereocenters. The summed E-state index contributed by atoms with van der Waals surface area (Å²) in [5, 5.41) is 22.5. The van der Waals surface area contributed by atoms with Crippen LogP contribution in [-0.4, -0.2) is 36.3 Å². The zero-order valence-corrected chi connectivity index (χ0v) is 19.8. The minimum atomic E-state index is 0.664. The summed E-state index contributed by atoms with van der Waals surface area (Å²) >= 11 is 5.17. The highest BCUT2D eigenvalue weighted by Crippen LogP contribution is 2.33. The van der Waals surface area contributed by atoms with Gasteiger partial charge in [0.05, 0.1) is 17.4 Å².